The minimum atomic E-state index is -0.921. The number of benzene rings is 1. The van der Waals surface area contributed by atoms with E-state index in [2.05, 4.69) is 15.9 Å². The molecule has 0 spiro atoms. The SMILES string of the molecule is CC1(C)O[C@H]2[C@@H]3OC(C)(C)O[C@@H]3[C@H]3OC(=O)[C@@H]4[C@@H](c5ccc(Br)cc5)CC=C[C@H]4CC(=O)O[C@@H]3[C@H]2O1. The van der Waals surface area contributed by atoms with Gasteiger partial charge in [0, 0.05) is 16.3 Å². The topological polar surface area (TPSA) is 89.5 Å². The molecule has 194 valence electrons. The summed E-state index contributed by atoms with van der Waals surface area (Å²) in [7, 11) is 0. The third kappa shape index (κ3) is 4.22. The van der Waals surface area contributed by atoms with Gasteiger partial charge in [-0.25, -0.2) is 0 Å². The van der Waals surface area contributed by atoms with Crippen LogP contribution in [0.4, 0.5) is 0 Å². The fraction of sp³-hybridized carbons (Fsp3) is 0.630. The van der Waals surface area contributed by atoms with Crippen LogP contribution in [0.5, 0.6) is 0 Å². The van der Waals surface area contributed by atoms with Crippen molar-refractivity contribution in [1.82, 2.24) is 0 Å². The molecule has 5 aliphatic rings. The van der Waals surface area contributed by atoms with E-state index in [-0.39, 0.29) is 24.2 Å². The summed E-state index contributed by atoms with van der Waals surface area (Å²) in [4.78, 5) is 27.2. The van der Waals surface area contributed by atoms with Gasteiger partial charge in [-0.05, 0) is 51.8 Å². The fourth-order valence-corrected chi connectivity index (χ4v) is 6.71. The first-order valence-corrected chi connectivity index (χ1v) is 13.3. The van der Waals surface area contributed by atoms with E-state index >= 15 is 0 Å². The standard InChI is InChI=1S/C27H31BrO8/c1-26(2)33-21-19-20(22-24(23(21)35-26)36-27(3,4)34-22)32-25(30)18-14(12-17(29)31-19)6-5-7-16(18)13-8-10-15(28)11-9-13/h5-6,8-11,14,16,18-24H,7,12H2,1-4H3/t14-,16+,18-,19-,20-,21+,22+,23+,24+/m0/s1. The van der Waals surface area contributed by atoms with Gasteiger partial charge >= 0.3 is 11.9 Å². The molecule has 0 bridgehead atoms. The molecule has 0 N–H and O–H groups in total. The molecule has 2 aliphatic carbocycles. The van der Waals surface area contributed by atoms with Gasteiger partial charge in [0.15, 0.2) is 23.8 Å². The van der Waals surface area contributed by atoms with Gasteiger partial charge in [-0.15, -0.1) is 0 Å². The Morgan fingerprint density at radius 2 is 1.31 bits per heavy atom. The third-order valence-corrected chi connectivity index (χ3v) is 8.31. The molecule has 1 aromatic rings. The lowest BCUT2D eigenvalue weighted by atomic mass is 9.71. The zero-order valence-corrected chi connectivity index (χ0v) is 22.3. The Kier molecular flexibility index (Phi) is 5.88. The van der Waals surface area contributed by atoms with Crippen LogP contribution in [0.1, 0.15) is 52.0 Å². The normalized spacial score (nSPS) is 42.5. The Balaban J connectivity index is 1.38. The molecule has 0 amide bonds. The monoisotopic (exact) mass is 562 g/mol. The van der Waals surface area contributed by atoms with Gasteiger partial charge in [-0.1, -0.05) is 40.2 Å². The van der Waals surface area contributed by atoms with Gasteiger partial charge in [0.1, 0.15) is 24.4 Å². The van der Waals surface area contributed by atoms with Crippen molar-refractivity contribution in [2.75, 3.05) is 0 Å². The van der Waals surface area contributed by atoms with Crippen molar-refractivity contribution in [2.45, 2.75) is 94.7 Å². The van der Waals surface area contributed by atoms with Crippen molar-refractivity contribution < 1.29 is 38.0 Å². The molecule has 9 heteroatoms. The molecule has 36 heavy (non-hydrogen) atoms. The summed E-state index contributed by atoms with van der Waals surface area (Å²) in [5, 5.41) is 0. The van der Waals surface area contributed by atoms with Crippen LogP contribution in [0.25, 0.3) is 0 Å². The molecule has 0 radical (unpaired) electrons. The Morgan fingerprint density at radius 3 is 1.89 bits per heavy atom. The van der Waals surface area contributed by atoms with Gasteiger partial charge in [0.2, 0.25) is 0 Å². The number of fused-ring (bicyclic) bond motifs is 7. The number of hydrogen-bond acceptors (Lipinski definition) is 8. The molecule has 8 nitrogen and oxygen atoms in total. The first-order chi connectivity index (χ1) is 17.0. The van der Waals surface area contributed by atoms with E-state index in [4.69, 9.17) is 28.4 Å². The number of carbonyl (C=O) groups is 2. The second-order valence-electron chi connectivity index (χ2n) is 11.2. The molecule has 3 aliphatic heterocycles. The van der Waals surface area contributed by atoms with Crippen molar-refractivity contribution in [3.05, 3.63) is 46.5 Å². The van der Waals surface area contributed by atoms with Gasteiger partial charge < -0.3 is 28.4 Å². The van der Waals surface area contributed by atoms with Crippen LogP contribution < -0.4 is 0 Å². The highest BCUT2D eigenvalue weighted by Crippen LogP contribution is 2.48. The molecule has 4 fully saturated rings. The lowest BCUT2D eigenvalue weighted by molar-refractivity contribution is -0.210. The number of carbonyl (C=O) groups excluding carboxylic acids is 2. The summed E-state index contributed by atoms with van der Waals surface area (Å²) in [6.45, 7) is 7.23. The molecule has 6 rings (SSSR count). The molecule has 3 heterocycles. The number of esters is 2. The predicted octanol–water partition coefficient (Wildman–Crippen LogP) is 4.01. The highest BCUT2D eigenvalue weighted by Gasteiger charge is 2.66. The Hall–Kier alpha value is -1.78. The zero-order chi connectivity index (χ0) is 25.4. The maximum atomic E-state index is 13.9. The van der Waals surface area contributed by atoms with Crippen molar-refractivity contribution in [1.29, 1.82) is 0 Å². The van der Waals surface area contributed by atoms with E-state index in [9.17, 15) is 9.59 Å². The summed E-state index contributed by atoms with van der Waals surface area (Å²) in [5.74, 6) is -3.60. The van der Waals surface area contributed by atoms with Crippen LogP contribution in [0.15, 0.2) is 40.9 Å². The minimum Gasteiger partial charge on any atom is -0.455 e. The quantitative estimate of drug-likeness (QED) is 0.374. The van der Waals surface area contributed by atoms with Gasteiger partial charge in [-0.3, -0.25) is 9.59 Å². The van der Waals surface area contributed by atoms with E-state index in [1.54, 1.807) is 13.8 Å². The summed E-state index contributed by atoms with van der Waals surface area (Å²) in [6, 6.07) is 7.94. The van der Waals surface area contributed by atoms with Crippen molar-refractivity contribution >= 4 is 27.9 Å². The molecule has 9 atom stereocenters. The van der Waals surface area contributed by atoms with Crippen LogP contribution >= 0.6 is 15.9 Å². The average Bonchev–Trinajstić information content (AvgIpc) is 3.31. The zero-order valence-electron chi connectivity index (χ0n) is 20.7. The van der Waals surface area contributed by atoms with E-state index in [0.29, 0.717) is 6.42 Å². The van der Waals surface area contributed by atoms with Crippen molar-refractivity contribution in [2.24, 2.45) is 11.8 Å². The number of hydrogen-bond donors (Lipinski definition) is 0. The first kappa shape index (κ1) is 24.6. The van der Waals surface area contributed by atoms with Crippen molar-refractivity contribution in [3.63, 3.8) is 0 Å². The van der Waals surface area contributed by atoms with Crippen molar-refractivity contribution in [3.8, 4) is 0 Å². The molecule has 3 saturated heterocycles. The summed E-state index contributed by atoms with van der Waals surface area (Å²) < 4.78 is 38.0. The maximum absolute atomic E-state index is 13.9. The first-order valence-electron chi connectivity index (χ1n) is 12.5. The Labute approximate surface area is 218 Å². The lowest BCUT2D eigenvalue weighted by Crippen LogP contribution is -2.63. The summed E-state index contributed by atoms with van der Waals surface area (Å²) >= 11 is 3.48. The third-order valence-electron chi connectivity index (χ3n) is 7.78. The van der Waals surface area contributed by atoms with Gasteiger partial charge in [0.25, 0.3) is 0 Å². The van der Waals surface area contributed by atoms with E-state index in [0.717, 1.165) is 10.0 Å². The van der Waals surface area contributed by atoms with Gasteiger partial charge in [0.05, 0.1) is 12.3 Å². The number of rotatable bonds is 1. The highest BCUT2D eigenvalue weighted by molar-refractivity contribution is 9.10. The average molecular weight is 563 g/mol. The predicted molar refractivity (Wildman–Crippen MR) is 130 cm³/mol. The maximum Gasteiger partial charge on any atom is 0.310 e. The second-order valence-corrected chi connectivity index (χ2v) is 12.1. The number of allylic oxidation sites excluding steroid dienone is 2. The van der Waals surface area contributed by atoms with Crippen LogP contribution in [0.2, 0.25) is 0 Å². The van der Waals surface area contributed by atoms with E-state index < -0.39 is 60.1 Å². The molecule has 1 saturated carbocycles. The smallest absolute Gasteiger partial charge is 0.310 e. The number of ether oxygens (including phenoxy) is 6. The lowest BCUT2D eigenvalue weighted by Gasteiger charge is -2.42. The molecule has 1 aromatic carbocycles. The number of halogens is 1. The molecule has 0 aromatic heterocycles. The second kappa shape index (κ2) is 8.63. The van der Waals surface area contributed by atoms with Crippen LogP contribution in [-0.4, -0.2) is 60.1 Å². The summed E-state index contributed by atoms with van der Waals surface area (Å²) in [5.41, 5.74) is 1.02. The Bertz CT molecular complexity index is 1080. The van der Waals surface area contributed by atoms with E-state index in [1.807, 2.05) is 50.3 Å². The molecular formula is C27H31BrO8. The van der Waals surface area contributed by atoms with Gasteiger partial charge in [-0.2, -0.15) is 0 Å². The summed E-state index contributed by atoms with van der Waals surface area (Å²) in [6.07, 6.45) is 0.589. The largest absolute Gasteiger partial charge is 0.455 e. The highest BCUT2D eigenvalue weighted by atomic mass is 79.9. The fourth-order valence-electron chi connectivity index (χ4n) is 6.45. The molecular weight excluding hydrogens is 532 g/mol. The minimum absolute atomic E-state index is 0.0745. The Morgan fingerprint density at radius 1 is 0.778 bits per heavy atom. The van der Waals surface area contributed by atoms with E-state index in [1.165, 1.54) is 0 Å². The van der Waals surface area contributed by atoms with Crippen LogP contribution in [-0.2, 0) is 38.0 Å². The van der Waals surface area contributed by atoms with Crippen LogP contribution in [0, 0.1) is 11.8 Å². The van der Waals surface area contributed by atoms with Crippen LogP contribution in [0.3, 0.4) is 0 Å². The molecule has 0 unspecified atom stereocenters.